The molecule has 0 atom stereocenters. The van der Waals surface area contributed by atoms with E-state index in [4.69, 9.17) is 4.74 Å². The Morgan fingerprint density at radius 1 is 0.857 bits per heavy atom. The van der Waals surface area contributed by atoms with Crippen molar-refractivity contribution >= 4 is 25.7 Å². The highest BCUT2D eigenvalue weighted by atomic mass is 32.2. The second-order valence-electron chi connectivity index (χ2n) is 6.85. The van der Waals surface area contributed by atoms with Crippen LogP contribution in [0.1, 0.15) is 16.7 Å². The number of rotatable bonds is 5. The summed E-state index contributed by atoms with van der Waals surface area (Å²) in [6, 6.07) is 9.41. The zero-order valence-corrected chi connectivity index (χ0v) is 17.7. The quantitative estimate of drug-likeness (QED) is 0.796. The van der Waals surface area contributed by atoms with E-state index in [1.54, 1.807) is 31.2 Å². The van der Waals surface area contributed by atoms with Gasteiger partial charge >= 0.3 is 0 Å². The zero-order valence-electron chi connectivity index (χ0n) is 16.1. The van der Waals surface area contributed by atoms with E-state index in [-0.39, 0.29) is 28.6 Å². The van der Waals surface area contributed by atoms with Gasteiger partial charge in [0.15, 0.2) is 0 Å². The average Bonchev–Trinajstić information content (AvgIpc) is 2.66. The smallest absolute Gasteiger partial charge is 0.261 e. The minimum absolute atomic E-state index is 0.0923. The molecule has 1 aliphatic rings. The van der Waals surface area contributed by atoms with Crippen molar-refractivity contribution < 1.29 is 21.6 Å². The van der Waals surface area contributed by atoms with E-state index < -0.39 is 20.0 Å². The van der Waals surface area contributed by atoms with Crippen molar-refractivity contribution in [1.29, 1.82) is 0 Å². The van der Waals surface area contributed by atoms with E-state index in [9.17, 15) is 16.8 Å². The lowest BCUT2D eigenvalue weighted by molar-refractivity contribution is 0.0730. The molecule has 28 heavy (non-hydrogen) atoms. The van der Waals surface area contributed by atoms with Gasteiger partial charge in [0.1, 0.15) is 0 Å². The monoisotopic (exact) mass is 424 g/mol. The minimum atomic E-state index is -3.83. The first-order chi connectivity index (χ1) is 13.1. The molecule has 1 fully saturated rings. The standard InChI is InChI=1S/C19H24N2O5S2/c1-14-5-7-18(12-16(14)3)27(22,23)20-17-6-4-15(2)19(13-17)28(24,25)21-8-10-26-11-9-21/h4-7,12-13,20H,8-11H2,1-3H3. The van der Waals surface area contributed by atoms with Gasteiger partial charge in [-0.1, -0.05) is 12.1 Å². The van der Waals surface area contributed by atoms with Crippen LogP contribution in [0.5, 0.6) is 0 Å². The Bertz CT molecular complexity index is 1090. The second kappa shape index (κ2) is 7.82. The molecule has 0 radical (unpaired) electrons. The van der Waals surface area contributed by atoms with Crippen molar-refractivity contribution in [3.05, 3.63) is 53.1 Å². The molecule has 7 nitrogen and oxygen atoms in total. The number of aryl methyl sites for hydroxylation is 3. The number of hydrogen-bond donors (Lipinski definition) is 1. The van der Waals surface area contributed by atoms with Crippen molar-refractivity contribution in [2.24, 2.45) is 0 Å². The van der Waals surface area contributed by atoms with Gasteiger partial charge in [-0.15, -0.1) is 0 Å². The first-order valence-electron chi connectivity index (χ1n) is 8.90. The maximum atomic E-state index is 13.0. The maximum Gasteiger partial charge on any atom is 0.261 e. The molecule has 3 rings (SSSR count). The van der Waals surface area contributed by atoms with Crippen molar-refractivity contribution in [2.45, 2.75) is 30.6 Å². The third-order valence-electron chi connectivity index (χ3n) is 4.82. The Morgan fingerprint density at radius 2 is 1.50 bits per heavy atom. The normalized spacial score (nSPS) is 16.1. The van der Waals surface area contributed by atoms with Crippen LogP contribution in [-0.2, 0) is 24.8 Å². The molecule has 0 aromatic heterocycles. The first kappa shape index (κ1) is 20.8. The molecule has 2 aromatic rings. The van der Waals surface area contributed by atoms with Gasteiger partial charge < -0.3 is 4.74 Å². The van der Waals surface area contributed by atoms with E-state index in [0.29, 0.717) is 18.8 Å². The molecule has 9 heteroatoms. The number of nitrogens with zero attached hydrogens (tertiary/aromatic N) is 1. The molecule has 2 aromatic carbocycles. The molecular formula is C19H24N2O5S2. The van der Waals surface area contributed by atoms with Gasteiger partial charge in [-0.05, 0) is 61.7 Å². The third kappa shape index (κ3) is 4.22. The zero-order chi connectivity index (χ0) is 20.5. The molecular weight excluding hydrogens is 400 g/mol. The van der Waals surface area contributed by atoms with Crippen LogP contribution in [0.4, 0.5) is 5.69 Å². The molecule has 0 spiro atoms. The fourth-order valence-electron chi connectivity index (χ4n) is 2.96. The predicted molar refractivity (Wildman–Crippen MR) is 107 cm³/mol. The number of hydrogen-bond acceptors (Lipinski definition) is 5. The van der Waals surface area contributed by atoms with Crippen LogP contribution in [0.3, 0.4) is 0 Å². The molecule has 1 N–H and O–H groups in total. The van der Waals surface area contributed by atoms with E-state index >= 15 is 0 Å². The van der Waals surface area contributed by atoms with E-state index in [0.717, 1.165) is 11.1 Å². The summed E-state index contributed by atoms with van der Waals surface area (Å²) in [6.45, 7) is 6.68. The minimum Gasteiger partial charge on any atom is -0.379 e. The fourth-order valence-corrected chi connectivity index (χ4v) is 5.76. The Balaban J connectivity index is 1.93. The fraction of sp³-hybridized carbons (Fsp3) is 0.368. The summed E-state index contributed by atoms with van der Waals surface area (Å²) in [7, 11) is -7.56. The topological polar surface area (TPSA) is 92.8 Å². The molecule has 1 heterocycles. The second-order valence-corrected chi connectivity index (χ2v) is 10.4. The Hall–Kier alpha value is -1.94. The van der Waals surface area contributed by atoms with E-state index in [1.165, 1.54) is 16.4 Å². The van der Waals surface area contributed by atoms with Gasteiger partial charge in [0.25, 0.3) is 10.0 Å². The van der Waals surface area contributed by atoms with Crippen LogP contribution in [0.15, 0.2) is 46.2 Å². The number of nitrogens with one attached hydrogen (secondary N) is 1. The van der Waals surface area contributed by atoms with Crippen LogP contribution in [0, 0.1) is 20.8 Å². The van der Waals surface area contributed by atoms with Gasteiger partial charge in [-0.2, -0.15) is 4.31 Å². The van der Waals surface area contributed by atoms with Gasteiger partial charge in [0.2, 0.25) is 10.0 Å². The molecule has 0 saturated carbocycles. The molecule has 0 bridgehead atoms. The first-order valence-corrected chi connectivity index (χ1v) is 11.8. The van der Waals surface area contributed by atoms with Gasteiger partial charge in [0, 0.05) is 13.1 Å². The van der Waals surface area contributed by atoms with Crippen molar-refractivity contribution in [2.75, 3.05) is 31.0 Å². The Morgan fingerprint density at radius 3 is 2.14 bits per heavy atom. The SMILES string of the molecule is Cc1ccc(S(=O)(=O)Nc2ccc(C)c(S(=O)(=O)N3CCOCC3)c2)cc1C. The maximum absolute atomic E-state index is 13.0. The summed E-state index contributed by atoms with van der Waals surface area (Å²) in [5.41, 5.74) is 2.62. The number of anilines is 1. The molecule has 1 saturated heterocycles. The van der Waals surface area contributed by atoms with Crippen molar-refractivity contribution in [3.8, 4) is 0 Å². The van der Waals surface area contributed by atoms with E-state index in [1.807, 2.05) is 13.8 Å². The summed E-state index contributed by atoms with van der Waals surface area (Å²) in [5.74, 6) is 0. The predicted octanol–water partition coefficient (Wildman–Crippen LogP) is 2.43. The van der Waals surface area contributed by atoms with Crippen molar-refractivity contribution in [1.82, 2.24) is 4.31 Å². The van der Waals surface area contributed by atoms with Crippen LogP contribution >= 0.6 is 0 Å². The largest absolute Gasteiger partial charge is 0.379 e. The summed E-state index contributed by atoms with van der Waals surface area (Å²) >= 11 is 0. The van der Waals surface area contributed by atoms with Crippen LogP contribution < -0.4 is 4.72 Å². The summed E-state index contributed by atoms with van der Waals surface area (Å²) < 4.78 is 60.5. The lowest BCUT2D eigenvalue weighted by Crippen LogP contribution is -2.40. The third-order valence-corrected chi connectivity index (χ3v) is 8.24. The van der Waals surface area contributed by atoms with Crippen molar-refractivity contribution in [3.63, 3.8) is 0 Å². The number of ether oxygens (including phenoxy) is 1. The molecule has 1 aliphatic heterocycles. The van der Waals surface area contributed by atoms with Gasteiger partial charge in [-0.25, -0.2) is 16.8 Å². The highest BCUT2D eigenvalue weighted by Gasteiger charge is 2.28. The van der Waals surface area contributed by atoms with Crippen LogP contribution in [0.2, 0.25) is 0 Å². The molecule has 0 unspecified atom stereocenters. The lowest BCUT2D eigenvalue weighted by atomic mass is 10.1. The molecule has 0 aliphatic carbocycles. The van der Waals surface area contributed by atoms with Crippen LogP contribution in [0.25, 0.3) is 0 Å². The number of morpholine rings is 1. The summed E-state index contributed by atoms with van der Waals surface area (Å²) in [6.07, 6.45) is 0. The Labute approximate surface area is 166 Å². The number of benzene rings is 2. The highest BCUT2D eigenvalue weighted by Crippen LogP contribution is 2.26. The lowest BCUT2D eigenvalue weighted by Gasteiger charge is -2.26. The highest BCUT2D eigenvalue weighted by molar-refractivity contribution is 7.92. The number of sulfonamides is 2. The molecule has 0 amide bonds. The van der Waals surface area contributed by atoms with Gasteiger partial charge in [-0.3, -0.25) is 4.72 Å². The van der Waals surface area contributed by atoms with Gasteiger partial charge in [0.05, 0.1) is 28.7 Å². The average molecular weight is 425 g/mol. The summed E-state index contributed by atoms with van der Waals surface area (Å²) in [5, 5.41) is 0. The molecule has 152 valence electrons. The Kier molecular flexibility index (Phi) is 5.81. The van der Waals surface area contributed by atoms with Crippen LogP contribution in [-0.4, -0.2) is 47.4 Å². The summed E-state index contributed by atoms with van der Waals surface area (Å²) in [4.78, 5) is 0.225. The van der Waals surface area contributed by atoms with E-state index in [2.05, 4.69) is 4.72 Å².